The second-order valence-corrected chi connectivity index (χ2v) is 7.33. The van der Waals surface area contributed by atoms with Gasteiger partial charge in [0, 0.05) is 24.0 Å². The molecule has 1 N–H and O–H groups in total. The van der Waals surface area contributed by atoms with Crippen molar-refractivity contribution in [2.75, 3.05) is 18.5 Å². The molecule has 1 aromatic rings. The van der Waals surface area contributed by atoms with Crippen LogP contribution >= 0.6 is 11.3 Å². The molecule has 1 aliphatic carbocycles. The van der Waals surface area contributed by atoms with E-state index in [0.717, 1.165) is 19.1 Å². The van der Waals surface area contributed by atoms with E-state index in [-0.39, 0.29) is 0 Å². The summed E-state index contributed by atoms with van der Waals surface area (Å²) in [7, 11) is 2.01. The molecule has 0 aromatic carbocycles. The molecule has 4 heteroatoms. The zero-order valence-corrected chi connectivity index (χ0v) is 13.7. The Hall–Kier alpha value is -0.610. The molecule has 1 aliphatic rings. The summed E-state index contributed by atoms with van der Waals surface area (Å²) in [5.41, 5.74) is 1.28. The summed E-state index contributed by atoms with van der Waals surface area (Å²) in [4.78, 5) is 8.89. The fourth-order valence-electron chi connectivity index (χ4n) is 2.37. The molecule has 2 rings (SSSR count). The van der Waals surface area contributed by atoms with Gasteiger partial charge in [0.05, 0.1) is 5.69 Å². The molecule has 1 heterocycles. The highest BCUT2D eigenvalue weighted by molar-refractivity contribution is 7.15. The van der Waals surface area contributed by atoms with Crippen LogP contribution in [0.25, 0.3) is 0 Å². The van der Waals surface area contributed by atoms with Gasteiger partial charge < -0.3 is 10.2 Å². The summed E-state index contributed by atoms with van der Waals surface area (Å²) >= 11 is 1.88. The molecule has 0 amide bonds. The van der Waals surface area contributed by atoms with Crippen LogP contribution in [0, 0.1) is 5.92 Å². The van der Waals surface area contributed by atoms with Crippen molar-refractivity contribution in [2.24, 2.45) is 5.92 Å². The second-order valence-electron chi connectivity index (χ2n) is 6.27. The highest BCUT2D eigenvalue weighted by Gasteiger charge is 2.32. The number of hydrogen-bond donors (Lipinski definition) is 1. The van der Waals surface area contributed by atoms with E-state index in [2.05, 4.69) is 37.9 Å². The van der Waals surface area contributed by atoms with Gasteiger partial charge in [0.25, 0.3) is 0 Å². The van der Waals surface area contributed by atoms with Crippen LogP contribution in [0.4, 0.5) is 5.13 Å². The topological polar surface area (TPSA) is 28.2 Å². The maximum atomic E-state index is 4.95. The summed E-state index contributed by atoms with van der Waals surface area (Å²) in [6, 6.07) is 0.746. The molecule has 0 bridgehead atoms. The van der Waals surface area contributed by atoms with Crippen molar-refractivity contribution in [2.45, 2.75) is 59.0 Å². The van der Waals surface area contributed by atoms with Gasteiger partial charge in [-0.05, 0) is 31.7 Å². The van der Waals surface area contributed by atoms with Gasteiger partial charge in [0.15, 0.2) is 5.13 Å². The Morgan fingerprint density at radius 3 is 2.47 bits per heavy atom. The minimum Gasteiger partial charge on any atom is -0.345 e. The highest BCUT2D eigenvalue weighted by Crippen LogP contribution is 2.37. The third kappa shape index (κ3) is 3.69. The van der Waals surface area contributed by atoms with Crippen LogP contribution in [0.5, 0.6) is 0 Å². The smallest absolute Gasteiger partial charge is 0.186 e. The third-order valence-corrected chi connectivity index (χ3v) is 4.50. The van der Waals surface area contributed by atoms with Crippen LogP contribution in [0.3, 0.4) is 0 Å². The third-order valence-electron chi connectivity index (χ3n) is 3.40. The molecule has 0 atom stereocenters. The zero-order valence-electron chi connectivity index (χ0n) is 12.9. The molecule has 108 valence electrons. The van der Waals surface area contributed by atoms with E-state index in [1.54, 1.807) is 0 Å². The van der Waals surface area contributed by atoms with E-state index in [0.29, 0.717) is 11.8 Å². The van der Waals surface area contributed by atoms with Crippen LogP contribution in [0.1, 0.15) is 57.0 Å². The van der Waals surface area contributed by atoms with Crippen molar-refractivity contribution in [3.05, 3.63) is 10.6 Å². The van der Waals surface area contributed by atoms with Crippen LogP contribution in [-0.2, 0) is 6.54 Å². The molecule has 3 nitrogen and oxygen atoms in total. The van der Waals surface area contributed by atoms with Crippen LogP contribution in [0.15, 0.2) is 0 Å². The zero-order chi connectivity index (χ0) is 14.0. The molecule has 0 spiro atoms. The van der Waals surface area contributed by atoms with Gasteiger partial charge in [-0.25, -0.2) is 4.98 Å². The van der Waals surface area contributed by atoms with Gasteiger partial charge in [-0.15, -0.1) is 11.3 Å². The minimum atomic E-state index is 0.508. The summed E-state index contributed by atoms with van der Waals surface area (Å²) in [5.74, 6) is 1.20. The Morgan fingerprint density at radius 1 is 1.32 bits per heavy atom. The molecule has 0 aliphatic heterocycles. The summed E-state index contributed by atoms with van der Waals surface area (Å²) in [6.45, 7) is 11.1. The number of nitrogens with zero attached hydrogens (tertiary/aromatic N) is 2. The first-order valence-electron chi connectivity index (χ1n) is 7.43. The van der Waals surface area contributed by atoms with E-state index in [1.807, 2.05) is 18.4 Å². The largest absolute Gasteiger partial charge is 0.345 e. The lowest BCUT2D eigenvalue weighted by atomic mass is 10.1. The van der Waals surface area contributed by atoms with Crippen LogP contribution in [-0.4, -0.2) is 24.6 Å². The number of thiazole rings is 1. The molecule has 0 radical (unpaired) electrons. The fraction of sp³-hybridized carbons (Fsp3) is 0.800. The molecule has 1 fully saturated rings. The van der Waals surface area contributed by atoms with E-state index in [9.17, 15) is 0 Å². The normalized spacial score (nSPS) is 15.5. The van der Waals surface area contributed by atoms with Crippen molar-refractivity contribution in [1.29, 1.82) is 0 Å². The Balaban J connectivity index is 2.24. The van der Waals surface area contributed by atoms with E-state index >= 15 is 0 Å². The van der Waals surface area contributed by atoms with Crippen LogP contribution < -0.4 is 10.2 Å². The first-order chi connectivity index (χ1) is 9.02. The fourth-order valence-corrected chi connectivity index (χ4v) is 3.68. The first-order valence-corrected chi connectivity index (χ1v) is 8.25. The predicted molar refractivity (Wildman–Crippen MR) is 84.2 cm³/mol. The van der Waals surface area contributed by atoms with Gasteiger partial charge in [-0.3, -0.25) is 0 Å². The number of anilines is 1. The Bertz CT molecular complexity index is 408. The number of aromatic nitrogens is 1. The minimum absolute atomic E-state index is 0.508. The summed E-state index contributed by atoms with van der Waals surface area (Å²) in [5, 5.41) is 4.51. The van der Waals surface area contributed by atoms with E-state index in [1.165, 1.54) is 28.5 Å². The maximum Gasteiger partial charge on any atom is 0.186 e. The van der Waals surface area contributed by atoms with Crippen molar-refractivity contribution in [1.82, 2.24) is 10.3 Å². The lowest BCUT2D eigenvalue weighted by Gasteiger charge is -2.23. The number of rotatable bonds is 7. The molecule has 0 unspecified atom stereocenters. The van der Waals surface area contributed by atoms with E-state index in [4.69, 9.17) is 4.98 Å². The quantitative estimate of drug-likeness (QED) is 0.827. The molecule has 1 aromatic heterocycles. The average Bonchev–Trinajstić information content (AvgIpc) is 3.07. The maximum absolute atomic E-state index is 4.95. The Morgan fingerprint density at radius 2 is 2.00 bits per heavy atom. The molecule has 0 saturated heterocycles. The highest BCUT2D eigenvalue weighted by atomic mass is 32.1. The Kier molecular flexibility index (Phi) is 4.85. The molecule has 19 heavy (non-hydrogen) atoms. The van der Waals surface area contributed by atoms with Crippen molar-refractivity contribution >= 4 is 16.5 Å². The van der Waals surface area contributed by atoms with Gasteiger partial charge in [0.2, 0.25) is 0 Å². The summed E-state index contributed by atoms with van der Waals surface area (Å²) in [6.07, 6.45) is 2.68. The van der Waals surface area contributed by atoms with Crippen LogP contribution in [0.2, 0.25) is 0 Å². The number of nitrogens with one attached hydrogen (secondary N) is 1. The van der Waals surface area contributed by atoms with Gasteiger partial charge in [-0.1, -0.05) is 27.7 Å². The first kappa shape index (κ1) is 14.8. The predicted octanol–water partition coefficient (Wildman–Crippen LogP) is 3.61. The van der Waals surface area contributed by atoms with Gasteiger partial charge in [-0.2, -0.15) is 0 Å². The van der Waals surface area contributed by atoms with Crippen molar-refractivity contribution in [3.8, 4) is 0 Å². The van der Waals surface area contributed by atoms with Crippen molar-refractivity contribution in [3.63, 3.8) is 0 Å². The van der Waals surface area contributed by atoms with Gasteiger partial charge in [0.1, 0.15) is 0 Å². The Labute approximate surface area is 121 Å². The monoisotopic (exact) mass is 281 g/mol. The molecular weight excluding hydrogens is 254 g/mol. The summed E-state index contributed by atoms with van der Waals surface area (Å²) < 4.78 is 0. The molecular formula is C15H27N3S. The van der Waals surface area contributed by atoms with E-state index < -0.39 is 0 Å². The second kappa shape index (κ2) is 6.23. The van der Waals surface area contributed by atoms with Gasteiger partial charge >= 0.3 is 0 Å². The lowest BCUT2D eigenvalue weighted by Crippen LogP contribution is -2.29. The average molecular weight is 281 g/mol. The van der Waals surface area contributed by atoms with Crippen molar-refractivity contribution < 1.29 is 0 Å². The lowest BCUT2D eigenvalue weighted by molar-refractivity contribution is 0.605. The molecule has 1 saturated carbocycles. The standard InChI is InChI=1S/C15H27N3S/c1-10(2)9-18(12-6-7-12)15-17-14(11(3)4)13(19-15)8-16-5/h10-12,16H,6-9H2,1-5H3. The number of hydrogen-bond acceptors (Lipinski definition) is 4. The SMILES string of the molecule is CNCc1sc(N(CC(C)C)C2CC2)nc1C(C)C.